The second-order valence-electron chi connectivity index (χ2n) is 5.81. The van der Waals surface area contributed by atoms with Crippen molar-refractivity contribution in [2.45, 2.75) is 6.61 Å². The van der Waals surface area contributed by atoms with E-state index < -0.39 is 0 Å². The van der Waals surface area contributed by atoms with Crippen molar-refractivity contribution in [2.75, 3.05) is 7.11 Å². The van der Waals surface area contributed by atoms with Crippen LogP contribution in [0.5, 0.6) is 11.5 Å². The van der Waals surface area contributed by atoms with Crippen molar-refractivity contribution in [1.29, 1.82) is 0 Å². The maximum atomic E-state index is 6.00. The third-order valence-electron chi connectivity index (χ3n) is 4.11. The van der Waals surface area contributed by atoms with Gasteiger partial charge in [-0.2, -0.15) is 0 Å². The van der Waals surface area contributed by atoms with Gasteiger partial charge in [-0.15, -0.1) is 0 Å². The molecule has 0 radical (unpaired) electrons. The summed E-state index contributed by atoms with van der Waals surface area (Å²) in [5.74, 6) is 2.46. The number of hydrogen-bond acceptors (Lipinski definition) is 3. The van der Waals surface area contributed by atoms with Crippen molar-refractivity contribution in [3.05, 3.63) is 84.4 Å². The van der Waals surface area contributed by atoms with E-state index in [1.54, 1.807) is 7.11 Å². The van der Waals surface area contributed by atoms with E-state index >= 15 is 0 Å². The first-order chi connectivity index (χ1) is 12.3. The molecule has 0 bridgehead atoms. The summed E-state index contributed by atoms with van der Waals surface area (Å²) in [5.41, 5.74) is 2.97. The topological polar surface area (TPSA) is 31.6 Å². The Morgan fingerprint density at radius 3 is 2.32 bits per heavy atom. The van der Waals surface area contributed by atoms with Crippen molar-refractivity contribution >= 4 is 11.0 Å². The lowest BCUT2D eigenvalue weighted by atomic mass is 10.1. The Morgan fingerprint density at radius 2 is 1.56 bits per heavy atom. The Balaban J connectivity index is 1.56. The molecule has 1 aromatic heterocycles. The zero-order valence-corrected chi connectivity index (χ0v) is 13.9. The molecule has 0 aliphatic heterocycles. The van der Waals surface area contributed by atoms with Gasteiger partial charge in [0.25, 0.3) is 0 Å². The third-order valence-corrected chi connectivity index (χ3v) is 4.11. The Morgan fingerprint density at radius 1 is 0.800 bits per heavy atom. The molecule has 4 rings (SSSR count). The average Bonchev–Trinajstić information content (AvgIpc) is 3.10. The van der Waals surface area contributed by atoms with Crippen molar-refractivity contribution in [3.63, 3.8) is 0 Å². The summed E-state index contributed by atoms with van der Waals surface area (Å²) in [6.45, 7) is 0.540. The smallest absolute Gasteiger partial charge is 0.138 e. The van der Waals surface area contributed by atoms with E-state index in [9.17, 15) is 0 Å². The van der Waals surface area contributed by atoms with Gasteiger partial charge in [0.15, 0.2) is 0 Å². The molecule has 0 amide bonds. The molecule has 3 heteroatoms. The Kier molecular flexibility index (Phi) is 4.13. The second-order valence-corrected chi connectivity index (χ2v) is 5.81. The number of furan rings is 1. The van der Waals surface area contributed by atoms with Crippen molar-refractivity contribution in [3.8, 4) is 22.8 Å². The van der Waals surface area contributed by atoms with Crippen LogP contribution in [0.2, 0.25) is 0 Å². The van der Waals surface area contributed by atoms with Gasteiger partial charge in [-0.05, 0) is 48.0 Å². The molecule has 0 atom stereocenters. The summed E-state index contributed by atoms with van der Waals surface area (Å²) < 4.78 is 17.1. The molecule has 0 aliphatic rings. The van der Waals surface area contributed by atoms with Crippen molar-refractivity contribution in [1.82, 2.24) is 0 Å². The van der Waals surface area contributed by atoms with E-state index in [0.29, 0.717) is 6.61 Å². The lowest BCUT2D eigenvalue weighted by molar-refractivity contribution is 0.306. The van der Waals surface area contributed by atoms with E-state index in [1.807, 2.05) is 78.9 Å². The number of rotatable bonds is 5. The Bertz CT molecular complexity index is 969. The lowest BCUT2D eigenvalue weighted by Crippen LogP contribution is -1.94. The Hall–Kier alpha value is -3.20. The minimum atomic E-state index is 0.540. The molecule has 4 aromatic rings. The summed E-state index contributed by atoms with van der Waals surface area (Å²) in [5, 5.41) is 1.05. The normalized spacial score (nSPS) is 10.8. The molecule has 3 aromatic carbocycles. The van der Waals surface area contributed by atoms with E-state index in [0.717, 1.165) is 39.4 Å². The molecule has 0 fully saturated rings. The van der Waals surface area contributed by atoms with Gasteiger partial charge in [0.1, 0.15) is 29.4 Å². The minimum Gasteiger partial charge on any atom is -0.497 e. The highest BCUT2D eigenvalue weighted by Gasteiger charge is 2.08. The summed E-state index contributed by atoms with van der Waals surface area (Å²) in [4.78, 5) is 0. The van der Waals surface area contributed by atoms with Gasteiger partial charge >= 0.3 is 0 Å². The first kappa shape index (κ1) is 15.3. The van der Waals surface area contributed by atoms with E-state index in [1.165, 1.54) is 0 Å². The van der Waals surface area contributed by atoms with Crippen LogP contribution in [-0.2, 0) is 6.61 Å². The molecule has 0 saturated carbocycles. The van der Waals surface area contributed by atoms with Crippen LogP contribution in [-0.4, -0.2) is 7.11 Å². The molecule has 3 nitrogen and oxygen atoms in total. The molecule has 0 N–H and O–H groups in total. The predicted molar refractivity (Wildman–Crippen MR) is 99.0 cm³/mol. The number of ether oxygens (including phenoxy) is 2. The molecular weight excluding hydrogens is 312 g/mol. The first-order valence-electron chi connectivity index (χ1n) is 8.16. The highest BCUT2D eigenvalue weighted by atomic mass is 16.5. The van der Waals surface area contributed by atoms with Crippen LogP contribution in [0.25, 0.3) is 22.3 Å². The molecular formula is C22H18O3. The monoisotopic (exact) mass is 330 g/mol. The Labute approximate surface area is 146 Å². The third kappa shape index (κ3) is 3.36. The highest BCUT2D eigenvalue weighted by Crippen LogP contribution is 2.31. The lowest BCUT2D eigenvalue weighted by Gasteiger charge is -2.05. The molecule has 0 unspecified atom stereocenters. The van der Waals surface area contributed by atoms with Gasteiger partial charge < -0.3 is 13.9 Å². The van der Waals surface area contributed by atoms with E-state index in [-0.39, 0.29) is 0 Å². The molecule has 0 saturated heterocycles. The molecule has 1 heterocycles. The number of methoxy groups -OCH3 is 1. The molecule has 0 aliphatic carbocycles. The summed E-state index contributed by atoms with van der Waals surface area (Å²) in [6, 6.07) is 25.9. The minimum absolute atomic E-state index is 0.540. The van der Waals surface area contributed by atoms with Gasteiger partial charge in [-0.3, -0.25) is 0 Å². The number of benzene rings is 3. The quantitative estimate of drug-likeness (QED) is 0.471. The fourth-order valence-corrected chi connectivity index (χ4v) is 2.74. The van der Waals surface area contributed by atoms with Crippen LogP contribution < -0.4 is 9.47 Å². The van der Waals surface area contributed by atoms with Crippen LogP contribution in [0.3, 0.4) is 0 Å². The van der Waals surface area contributed by atoms with Crippen LogP contribution in [0.4, 0.5) is 0 Å². The maximum Gasteiger partial charge on any atom is 0.138 e. The van der Waals surface area contributed by atoms with Gasteiger partial charge in [0.05, 0.1) is 7.11 Å². The second kappa shape index (κ2) is 6.73. The van der Waals surface area contributed by atoms with Crippen LogP contribution >= 0.6 is 0 Å². The SMILES string of the molecule is COc1ccc(-c2cc3ccc(OCc4ccccc4)cc3o2)cc1. The van der Waals surface area contributed by atoms with Crippen molar-refractivity contribution in [2.24, 2.45) is 0 Å². The standard InChI is InChI=1S/C22H18O3/c1-23-19-10-7-17(8-11-19)21-13-18-9-12-20(14-22(18)25-21)24-15-16-5-3-2-4-6-16/h2-14H,15H2,1H3. The number of hydrogen-bond donors (Lipinski definition) is 0. The molecule has 124 valence electrons. The molecule has 0 spiro atoms. The summed E-state index contributed by atoms with van der Waals surface area (Å²) in [7, 11) is 1.66. The number of fused-ring (bicyclic) bond motifs is 1. The fraction of sp³-hybridized carbons (Fsp3) is 0.0909. The van der Waals surface area contributed by atoms with Crippen LogP contribution in [0.1, 0.15) is 5.56 Å². The fourth-order valence-electron chi connectivity index (χ4n) is 2.74. The maximum absolute atomic E-state index is 6.00. The van der Waals surface area contributed by atoms with Gasteiger partial charge in [-0.25, -0.2) is 0 Å². The largest absolute Gasteiger partial charge is 0.497 e. The summed E-state index contributed by atoms with van der Waals surface area (Å²) >= 11 is 0. The summed E-state index contributed by atoms with van der Waals surface area (Å²) in [6.07, 6.45) is 0. The van der Waals surface area contributed by atoms with Gasteiger partial charge in [0, 0.05) is 17.0 Å². The molecule has 25 heavy (non-hydrogen) atoms. The van der Waals surface area contributed by atoms with Crippen LogP contribution in [0, 0.1) is 0 Å². The first-order valence-corrected chi connectivity index (χ1v) is 8.16. The van der Waals surface area contributed by atoms with E-state index in [4.69, 9.17) is 13.9 Å². The predicted octanol–water partition coefficient (Wildman–Crippen LogP) is 5.69. The van der Waals surface area contributed by atoms with Crippen molar-refractivity contribution < 1.29 is 13.9 Å². The van der Waals surface area contributed by atoms with E-state index in [2.05, 4.69) is 0 Å². The van der Waals surface area contributed by atoms with Gasteiger partial charge in [-0.1, -0.05) is 30.3 Å². The van der Waals surface area contributed by atoms with Gasteiger partial charge in [0.2, 0.25) is 0 Å². The highest BCUT2D eigenvalue weighted by molar-refractivity contribution is 5.84. The zero-order chi connectivity index (χ0) is 17.1. The van der Waals surface area contributed by atoms with Crippen LogP contribution in [0.15, 0.2) is 83.3 Å². The average molecular weight is 330 g/mol. The zero-order valence-electron chi connectivity index (χ0n) is 13.9.